The molecule has 1 aliphatic rings. The number of amides is 2. The van der Waals surface area contributed by atoms with Gasteiger partial charge in [-0.15, -0.1) is 11.3 Å². The van der Waals surface area contributed by atoms with Crippen LogP contribution >= 0.6 is 11.3 Å². The lowest BCUT2D eigenvalue weighted by Crippen LogP contribution is -2.50. The van der Waals surface area contributed by atoms with Gasteiger partial charge in [-0.25, -0.2) is 0 Å². The summed E-state index contributed by atoms with van der Waals surface area (Å²) in [6.45, 7) is 4.24. The number of hydrogen-bond acceptors (Lipinski definition) is 6. The Balaban J connectivity index is 1.42. The lowest BCUT2D eigenvalue weighted by Gasteiger charge is -2.36. The second-order valence-electron chi connectivity index (χ2n) is 8.69. The lowest BCUT2D eigenvalue weighted by atomic mass is 10.0. The van der Waals surface area contributed by atoms with Crippen LogP contribution in [-0.4, -0.2) is 58.8 Å². The second-order valence-corrected chi connectivity index (χ2v) is 9.73. The Morgan fingerprint density at radius 1 is 1.11 bits per heavy atom. The molecule has 0 unspecified atom stereocenters. The van der Waals surface area contributed by atoms with E-state index < -0.39 is 29.2 Å². The summed E-state index contributed by atoms with van der Waals surface area (Å²) in [4.78, 5) is 45.7. The van der Waals surface area contributed by atoms with Gasteiger partial charge >= 0.3 is 6.18 Å². The van der Waals surface area contributed by atoms with Crippen molar-refractivity contribution < 1.29 is 32.7 Å². The van der Waals surface area contributed by atoms with Crippen molar-refractivity contribution in [2.45, 2.75) is 26.6 Å². The molecular formula is C25H25F3N4O4S. The van der Waals surface area contributed by atoms with E-state index in [9.17, 15) is 32.7 Å². The highest BCUT2D eigenvalue weighted by molar-refractivity contribution is 7.09. The zero-order valence-electron chi connectivity index (χ0n) is 20.1. The molecule has 0 saturated carbocycles. The molecule has 4 rings (SSSR count). The van der Waals surface area contributed by atoms with Gasteiger partial charge in [-0.3, -0.25) is 14.4 Å². The highest BCUT2D eigenvalue weighted by Gasteiger charge is 2.35. The highest BCUT2D eigenvalue weighted by Crippen LogP contribution is 2.38. The molecule has 1 saturated heterocycles. The number of aryl methyl sites for hydroxylation is 1. The van der Waals surface area contributed by atoms with Gasteiger partial charge in [0.25, 0.3) is 17.6 Å². The van der Waals surface area contributed by atoms with Gasteiger partial charge in [0.2, 0.25) is 0 Å². The Morgan fingerprint density at radius 2 is 1.81 bits per heavy atom. The maximum absolute atomic E-state index is 13.1. The maximum atomic E-state index is 13.1. The number of piperazine rings is 1. The number of halogens is 3. The van der Waals surface area contributed by atoms with Crippen molar-refractivity contribution in [3.63, 3.8) is 0 Å². The van der Waals surface area contributed by atoms with Gasteiger partial charge in [0.05, 0.1) is 17.7 Å². The van der Waals surface area contributed by atoms with E-state index in [4.69, 9.17) is 0 Å². The molecule has 1 fully saturated rings. The molecule has 0 aliphatic carbocycles. The first-order valence-corrected chi connectivity index (χ1v) is 12.3. The third-order valence-electron chi connectivity index (χ3n) is 6.31. The molecule has 12 heteroatoms. The van der Waals surface area contributed by atoms with Crippen LogP contribution < -0.4 is 10.2 Å². The molecule has 1 aromatic carbocycles. The maximum Gasteiger partial charge on any atom is 0.420 e. The minimum absolute atomic E-state index is 0.128. The first-order chi connectivity index (χ1) is 17.5. The normalized spacial score (nSPS) is 14.1. The number of aromatic nitrogens is 1. The molecule has 0 spiro atoms. The van der Waals surface area contributed by atoms with Crippen molar-refractivity contribution in [1.82, 2.24) is 15.2 Å². The number of rotatable bonds is 6. The van der Waals surface area contributed by atoms with E-state index in [1.54, 1.807) is 18.7 Å². The highest BCUT2D eigenvalue weighted by atomic mass is 32.1. The largest absolute Gasteiger partial charge is 0.507 e. The number of carbonyl (C=O) groups excluding carboxylic acids is 3. The fourth-order valence-electron chi connectivity index (χ4n) is 4.35. The number of thiophene rings is 1. The van der Waals surface area contributed by atoms with E-state index in [2.05, 4.69) is 10.3 Å². The zero-order valence-corrected chi connectivity index (χ0v) is 20.9. The summed E-state index contributed by atoms with van der Waals surface area (Å²) in [5, 5.41) is 14.2. The van der Waals surface area contributed by atoms with E-state index in [0.717, 1.165) is 17.0 Å². The number of carbonyl (C=O) groups is 3. The topological polar surface area (TPSA) is 106 Å². The molecule has 2 aromatic heterocycles. The fraction of sp³-hybridized carbons (Fsp3) is 0.320. The Bertz CT molecular complexity index is 1330. The minimum Gasteiger partial charge on any atom is -0.507 e. The molecule has 3 aromatic rings. The summed E-state index contributed by atoms with van der Waals surface area (Å²) in [5.74, 6) is -2.73. The number of benzene rings is 1. The molecule has 1 aliphatic heterocycles. The molecule has 3 N–H and O–H groups in total. The molecule has 0 bridgehead atoms. The fourth-order valence-corrected chi connectivity index (χ4v) is 5.00. The Hall–Kier alpha value is -3.80. The SMILES string of the molecule is Cc1[nH]c(C(=O)NCc2cccs2)c(C)c1C(=O)C(=O)N1CCN(c2ccc(O)c(C(F)(F)F)c2)CC1. The summed E-state index contributed by atoms with van der Waals surface area (Å²) in [5.41, 5.74) is 0.262. The van der Waals surface area contributed by atoms with Crippen LogP contribution in [0.25, 0.3) is 0 Å². The van der Waals surface area contributed by atoms with E-state index in [1.165, 1.54) is 22.3 Å². The van der Waals surface area contributed by atoms with Crippen LogP contribution in [0.5, 0.6) is 5.75 Å². The average molecular weight is 535 g/mol. The van der Waals surface area contributed by atoms with Crippen LogP contribution in [0.2, 0.25) is 0 Å². The number of alkyl halides is 3. The Labute approximate surface area is 214 Å². The van der Waals surface area contributed by atoms with Crippen molar-refractivity contribution in [2.75, 3.05) is 31.1 Å². The van der Waals surface area contributed by atoms with Crippen LogP contribution in [0.1, 0.15) is 42.5 Å². The molecule has 196 valence electrons. The van der Waals surface area contributed by atoms with Gasteiger partial charge in [0, 0.05) is 42.4 Å². The van der Waals surface area contributed by atoms with Crippen molar-refractivity contribution in [3.8, 4) is 5.75 Å². The molecule has 37 heavy (non-hydrogen) atoms. The third kappa shape index (κ3) is 5.48. The van der Waals surface area contributed by atoms with Crippen LogP contribution in [0.15, 0.2) is 35.7 Å². The number of aromatic hydroxyl groups is 1. The van der Waals surface area contributed by atoms with Gasteiger partial charge in [0.15, 0.2) is 0 Å². The van der Waals surface area contributed by atoms with Crippen molar-refractivity contribution in [1.29, 1.82) is 0 Å². The summed E-state index contributed by atoms with van der Waals surface area (Å²) < 4.78 is 39.4. The number of nitrogens with zero attached hydrogens (tertiary/aromatic N) is 2. The molecule has 0 atom stereocenters. The Kier molecular flexibility index (Phi) is 7.30. The molecule has 2 amide bonds. The van der Waals surface area contributed by atoms with Crippen LogP contribution in [0.4, 0.5) is 18.9 Å². The molecule has 8 nitrogen and oxygen atoms in total. The number of nitrogens with one attached hydrogen (secondary N) is 2. The van der Waals surface area contributed by atoms with Gasteiger partial charge in [-0.1, -0.05) is 6.07 Å². The lowest BCUT2D eigenvalue weighted by molar-refractivity contribution is -0.138. The second kappa shape index (κ2) is 10.3. The number of phenols is 1. The van der Waals surface area contributed by atoms with Gasteiger partial charge in [0.1, 0.15) is 11.4 Å². The quantitative estimate of drug-likeness (QED) is 0.329. The van der Waals surface area contributed by atoms with E-state index in [1.807, 2.05) is 17.5 Å². The van der Waals surface area contributed by atoms with E-state index in [0.29, 0.717) is 17.8 Å². The Morgan fingerprint density at radius 3 is 2.43 bits per heavy atom. The van der Waals surface area contributed by atoms with Gasteiger partial charge in [-0.05, 0) is 49.1 Å². The van der Waals surface area contributed by atoms with Crippen LogP contribution in [0, 0.1) is 13.8 Å². The smallest absolute Gasteiger partial charge is 0.420 e. The van der Waals surface area contributed by atoms with Crippen LogP contribution in [-0.2, 0) is 17.5 Å². The molecular weight excluding hydrogens is 509 g/mol. The van der Waals surface area contributed by atoms with Gasteiger partial charge < -0.3 is 25.2 Å². The number of H-pyrrole nitrogens is 1. The molecule has 0 radical (unpaired) electrons. The first kappa shape index (κ1) is 26.3. The number of hydrogen-bond donors (Lipinski definition) is 3. The summed E-state index contributed by atoms with van der Waals surface area (Å²) in [7, 11) is 0. The minimum atomic E-state index is -4.70. The predicted octanol–water partition coefficient (Wildman–Crippen LogP) is 3.88. The number of phenolic OH excluding ortho intramolecular Hbond substituents is 1. The number of Topliss-reactive ketones (excluding diaryl/α,β-unsaturated/α-hetero) is 1. The van der Waals surface area contributed by atoms with Crippen molar-refractivity contribution in [3.05, 3.63) is 68.7 Å². The van der Waals surface area contributed by atoms with Crippen molar-refractivity contribution in [2.24, 2.45) is 0 Å². The van der Waals surface area contributed by atoms with Crippen LogP contribution in [0.3, 0.4) is 0 Å². The van der Waals surface area contributed by atoms with E-state index >= 15 is 0 Å². The number of ketones is 1. The molecule has 3 heterocycles. The monoisotopic (exact) mass is 534 g/mol. The van der Waals surface area contributed by atoms with E-state index in [-0.39, 0.29) is 49.0 Å². The number of anilines is 1. The summed E-state index contributed by atoms with van der Waals surface area (Å²) in [6, 6.07) is 7.01. The third-order valence-corrected chi connectivity index (χ3v) is 7.18. The standard InChI is InChI=1S/C25H25F3N4O4S/c1-14-20(15(2)30-21(14)23(35)29-13-17-4-3-11-37-17)22(34)24(36)32-9-7-31(8-10-32)16-5-6-19(33)18(12-16)25(26,27)28/h3-6,11-12,30,33H,7-10,13H2,1-2H3,(H,29,35). The van der Waals surface area contributed by atoms with Crippen molar-refractivity contribution >= 4 is 34.6 Å². The predicted molar refractivity (Wildman–Crippen MR) is 132 cm³/mol. The van der Waals surface area contributed by atoms with Gasteiger partial charge in [-0.2, -0.15) is 13.2 Å². The summed E-state index contributed by atoms with van der Waals surface area (Å²) >= 11 is 1.50. The average Bonchev–Trinajstić information content (AvgIpc) is 3.49. The summed E-state index contributed by atoms with van der Waals surface area (Å²) in [6.07, 6.45) is -4.70. The first-order valence-electron chi connectivity index (χ1n) is 11.5. The number of aromatic amines is 1. The zero-order chi connectivity index (χ0) is 26.9.